The first kappa shape index (κ1) is 14.7. The maximum atomic E-state index is 10.9. The molecule has 0 aromatic heterocycles. The van der Waals surface area contributed by atoms with Crippen molar-refractivity contribution in [3.8, 4) is 0 Å². The zero-order valence-corrected chi connectivity index (χ0v) is 8.43. The summed E-state index contributed by atoms with van der Waals surface area (Å²) in [7, 11) is 2.51. The fraction of sp³-hybridized carbons (Fsp3) is 0.714. The summed E-state index contributed by atoms with van der Waals surface area (Å²) in [6.07, 6.45) is -0.0281. The van der Waals surface area contributed by atoms with E-state index in [0.717, 1.165) is 0 Å². The van der Waals surface area contributed by atoms with Crippen LogP contribution >= 0.6 is 12.4 Å². The third-order valence-electron chi connectivity index (χ3n) is 1.46. The van der Waals surface area contributed by atoms with E-state index in [1.807, 2.05) is 0 Å². The maximum absolute atomic E-state index is 10.9. The smallest absolute Gasteiger partial charge is 0.310 e. The summed E-state index contributed by atoms with van der Waals surface area (Å²) in [4.78, 5) is 21.6. The first-order valence-electron chi connectivity index (χ1n) is 3.50. The molecule has 2 N–H and O–H groups in total. The molecule has 0 aromatic carbocycles. The summed E-state index contributed by atoms with van der Waals surface area (Å²) in [6, 6.07) is 0. The van der Waals surface area contributed by atoms with Crippen LogP contribution < -0.4 is 5.73 Å². The summed E-state index contributed by atoms with van der Waals surface area (Å²) < 4.78 is 8.80. The topological polar surface area (TPSA) is 78.6 Å². The fourth-order valence-electron chi connectivity index (χ4n) is 0.714. The molecule has 0 aromatic rings. The minimum absolute atomic E-state index is 0. The molecule has 0 aliphatic rings. The van der Waals surface area contributed by atoms with Gasteiger partial charge in [-0.15, -0.1) is 12.4 Å². The van der Waals surface area contributed by atoms with E-state index >= 15 is 0 Å². The Morgan fingerprint density at radius 3 is 2.15 bits per heavy atom. The Labute approximate surface area is 83.0 Å². The molecule has 0 aliphatic heterocycles. The number of hydrogen-bond acceptors (Lipinski definition) is 5. The van der Waals surface area contributed by atoms with Crippen molar-refractivity contribution in [2.24, 2.45) is 11.7 Å². The average molecular weight is 212 g/mol. The van der Waals surface area contributed by atoms with Gasteiger partial charge in [0.05, 0.1) is 26.6 Å². The van der Waals surface area contributed by atoms with Gasteiger partial charge in [-0.2, -0.15) is 0 Å². The largest absolute Gasteiger partial charge is 0.469 e. The molecule has 78 valence electrons. The van der Waals surface area contributed by atoms with Crippen molar-refractivity contribution in [1.82, 2.24) is 0 Å². The maximum Gasteiger partial charge on any atom is 0.310 e. The van der Waals surface area contributed by atoms with Crippen LogP contribution in [-0.4, -0.2) is 32.7 Å². The van der Waals surface area contributed by atoms with E-state index in [9.17, 15) is 9.59 Å². The average Bonchev–Trinajstić information content (AvgIpc) is 2.12. The Kier molecular flexibility index (Phi) is 8.84. The number of hydrogen-bond donors (Lipinski definition) is 1. The zero-order chi connectivity index (χ0) is 9.56. The Morgan fingerprint density at radius 1 is 1.31 bits per heavy atom. The molecule has 1 atom stereocenters. The van der Waals surface area contributed by atoms with Crippen LogP contribution in [0.5, 0.6) is 0 Å². The lowest BCUT2D eigenvalue weighted by molar-refractivity contribution is -0.151. The molecule has 13 heavy (non-hydrogen) atoms. The second-order valence-electron chi connectivity index (χ2n) is 2.24. The third kappa shape index (κ3) is 5.43. The summed E-state index contributed by atoms with van der Waals surface area (Å²) in [5.74, 6) is -1.54. The van der Waals surface area contributed by atoms with Crippen molar-refractivity contribution in [2.75, 3.05) is 20.8 Å². The molecule has 0 fully saturated rings. The van der Waals surface area contributed by atoms with Gasteiger partial charge in [0.15, 0.2) is 0 Å². The lowest BCUT2D eigenvalue weighted by Crippen LogP contribution is -2.27. The van der Waals surface area contributed by atoms with Gasteiger partial charge < -0.3 is 15.2 Å². The highest BCUT2D eigenvalue weighted by Gasteiger charge is 2.21. The molecule has 6 heteroatoms. The van der Waals surface area contributed by atoms with Crippen LogP contribution in [0.25, 0.3) is 0 Å². The van der Waals surface area contributed by atoms with Gasteiger partial charge in [-0.3, -0.25) is 9.59 Å². The molecule has 0 radical (unpaired) electrons. The zero-order valence-electron chi connectivity index (χ0n) is 7.61. The van der Waals surface area contributed by atoms with E-state index in [2.05, 4.69) is 9.47 Å². The molecule has 5 nitrogen and oxygen atoms in total. The molecule has 0 rings (SSSR count). The van der Waals surface area contributed by atoms with E-state index in [0.29, 0.717) is 0 Å². The first-order chi connectivity index (χ1) is 5.65. The van der Waals surface area contributed by atoms with E-state index in [1.54, 1.807) is 0 Å². The number of nitrogens with two attached hydrogens (primary N) is 1. The standard InChI is InChI=1S/C7H13NO4.ClH/c1-11-6(9)3-5(4-8)7(10)12-2;/h5H,3-4,8H2,1-2H3;1H. The molecule has 0 saturated heterocycles. The number of rotatable bonds is 4. The van der Waals surface area contributed by atoms with Crippen LogP contribution in [0.4, 0.5) is 0 Å². The quantitative estimate of drug-likeness (QED) is 0.647. The predicted molar refractivity (Wildman–Crippen MR) is 48.4 cm³/mol. The fourth-order valence-corrected chi connectivity index (χ4v) is 0.714. The van der Waals surface area contributed by atoms with Crippen molar-refractivity contribution < 1.29 is 19.1 Å². The third-order valence-corrected chi connectivity index (χ3v) is 1.46. The van der Waals surface area contributed by atoms with Crippen molar-refractivity contribution in [1.29, 1.82) is 0 Å². The van der Waals surface area contributed by atoms with E-state index in [4.69, 9.17) is 5.73 Å². The number of carbonyl (C=O) groups is 2. The predicted octanol–water partition coefficient (Wildman–Crippen LogP) is -0.281. The molecular weight excluding hydrogens is 198 g/mol. The van der Waals surface area contributed by atoms with Gasteiger partial charge in [-0.1, -0.05) is 0 Å². The van der Waals surface area contributed by atoms with Crippen LogP contribution in [-0.2, 0) is 19.1 Å². The number of ether oxygens (including phenoxy) is 2. The molecule has 1 unspecified atom stereocenters. The summed E-state index contributed by atoms with van der Waals surface area (Å²) in [5.41, 5.74) is 5.24. The van der Waals surface area contributed by atoms with Gasteiger partial charge in [0, 0.05) is 6.54 Å². The molecule has 0 saturated carbocycles. The van der Waals surface area contributed by atoms with Crippen molar-refractivity contribution in [3.05, 3.63) is 0 Å². The minimum atomic E-state index is -0.595. The van der Waals surface area contributed by atoms with Crippen molar-refractivity contribution in [2.45, 2.75) is 6.42 Å². The number of halogens is 1. The van der Waals surface area contributed by atoms with Gasteiger partial charge >= 0.3 is 11.9 Å². The Bertz CT molecular complexity index is 174. The Balaban J connectivity index is 0. The van der Waals surface area contributed by atoms with E-state index < -0.39 is 17.9 Å². The van der Waals surface area contributed by atoms with Crippen molar-refractivity contribution >= 4 is 24.3 Å². The highest BCUT2D eigenvalue weighted by molar-refractivity contribution is 5.85. The number of methoxy groups -OCH3 is 2. The highest BCUT2D eigenvalue weighted by Crippen LogP contribution is 2.04. The monoisotopic (exact) mass is 211 g/mol. The van der Waals surface area contributed by atoms with Gasteiger partial charge in [-0.25, -0.2) is 0 Å². The number of esters is 2. The normalized spacial score (nSPS) is 11.0. The summed E-state index contributed by atoms with van der Waals surface area (Å²) in [6.45, 7) is 0.0851. The van der Waals surface area contributed by atoms with Crippen LogP contribution in [0.1, 0.15) is 6.42 Å². The Morgan fingerprint density at radius 2 is 1.85 bits per heavy atom. The van der Waals surface area contributed by atoms with Crippen LogP contribution in [0.15, 0.2) is 0 Å². The van der Waals surface area contributed by atoms with Gasteiger partial charge in [0.25, 0.3) is 0 Å². The molecule has 0 bridgehead atoms. The summed E-state index contributed by atoms with van der Waals surface area (Å²) >= 11 is 0. The summed E-state index contributed by atoms with van der Waals surface area (Å²) in [5, 5.41) is 0. The van der Waals surface area contributed by atoms with Crippen LogP contribution in [0.2, 0.25) is 0 Å². The van der Waals surface area contributed by atoms with Crippen LogP contribution in [0, 0.1) is 5.92 Å². The number of carbonyl (C=O) groups excluding carboxylic acids is 2. The first-order valence-corrected chi connectivity index (χ1v) is 3.50. The second kappa shape index (κ2) is 7.82. The highest BCUT2D eigenvalue weighted by atomic mass is 35.5. The van der Waals surface area contributed by atoms with Crippen LogP contribution in [0.3, 0.4) is 0 Å². The lowest BCUT2D eigenvalue weighted by Gasteiger charge is -2.09. The van der Waals surface area contributed by atoms with Gasteiger partial charge in [-0.05, 0) is 0 Å². The molecular formula is C7H14ClNO4. The SMILES string of the molecule is COC(=O)CC(CN)C(=O)OC.Cl. The van der Waals surface area contributed by atoms with E-state index in [-0.39, 0.29) is 25.4 Å². The van der Waals surface area contributed by atoms with E-state index in [1.165, 1.54) is 14.2 Å². The minimum Gasteiger partial charge on any atom is -0.469 e. The van der Waals surface area contributed by atoms with Gasteiger partial charge in [0.2, 0.25) is 0 Å². The second-order valence-corrected chi connectivity index (χ2v) is 2.24. The lowest BCUT2D eigenvalue weighted by atomic mass is 10.1. The molecule has 0 spiro atoms. The van der Waals surface area contributed by atoms with Gasteiger partial charge in [0.1, 0.15) is 0 Å². The van der Waals surface area contributed by atoms with Crippen molar-refractivity contribution in [3.63, 3.8) is 0 Å². The molecule has 0 aliphatic carbocycles. The molecule has 0 amide bonds. The Hall–Kier alpha value is -0.810. The molecule has 0 heterocycles.